The Balaban J connectivity index is 1.65. The number of rotatable bonds is 6. The number of anilines is 1. The van der Waals surface area contributed by atoms with Crippen LogP contribution >= 0.6 is 0 Å². The van der Waals surface area contributed by atoms with E-state index in [2.05, 4.69) is 5.32 Å². The van der Waals surface area contributed by atoms with Gasteiger partial charge >= 0.3 is 5.97 Å². The number of sulfonamides is 1. The second-order valence-corrected chi connectivity index (χ2v) is 8.72. The number of nitriles is 1. The van der Waals surface area contributed by atoms with Crippen LogP contribution in [0.15, 0.2) is 47.4 Å². The summed E-state index contributed by atoms with van der Waals surface area (Å²) in [5.41, 5.74) is 1.44. The number of morpholine rings is 1. The zero-order valence-corrected chi connectivity index (χ0v) is 17.6. The summed E-state index contributed by atoms with van der Waals surface area (Å²) in [5, 5.41) is 11.3. The first-order chi connectivity index (χ1) is 14.8. The van der Waals surface area contributed by atoms with Crippen molar-refractivity contribution < 1.29 is 27.5 Å². The van der Waals surface area contributed by atoms with E-state index in [1.165, 1.54) is 22.5 Å². The molecule has 1 amide bonds. The normalized spacial score (nSPS) is 14.5. The van der Waals surface area contributed by atoms with E-state index in [1.54, 1.807) is 31.2 Å². The lowest BCUT2D eigenvalue weighted by Crippen LogP contribution is -2.40. The molecule has 3 rings (SSSR count). The lowest BCUT2D eigenvalue weighted by atomic mass is 10.1. The molecule has 0 spiro atoms. The minimum Gasteiger partial charge on any atom is -0.452 e. The van der Waals surface area contributed by atoms with Gasteiger partial charge in [0.25, 0.3) is 5.91 Å². The summed E-state index contributed by atoms with van der Waals surface area (Å²) in [6.07, 6.45) is 0. The summed E-state index contributed by atoms with van der Waals surface area (Å²) < 4.78 is 37.4. The molecule has 2 aromatic carbocycles. The van der Waals surface area contributed by atoms with Crippen LogP contribution in [0.25, 0.3) is 0 Å². The number of aryl methyl sites for hydroxylation is 1. The molecular formula is C21H21N3O6S. The van der Waals surface area contributed by atoms with E-state index in [-0.39, 0.29) is 23.5 Å². The molecule has 1 aliphatic rings. The Morgan fingerprint density at radius 3 is 2.48 bits per heavy atom. The Labute approximate surface area is 180 Å². The van der Waals surface area contributed by atoms with E-state index in [9.17, 15) is 18.0 Å². The third kappa shape index (κ3) is 5.46. The van der Waals surface area contributed by atoms with E-state index in [0.717, 1.165) is 0 Å². The third-order valence-corrected chi connectivity index (χ3v) is 6.68. The van der Waals surface area contributed by atoms with Gasteiger partial charge < -0.3 is 14.8 Å². The monoisotopic (exact) mass is 443 g/mol. The van der Waals surface area contributed by atoms with Crippen molar-refractivity contribution in [1.82, 2.24) is 4.31 Å². The highest BCUT2D eigenvalue weighted by Gasteiger charge is 2.28. The number of hydrogen-bond acceptors (Lipinski definition) is 7. The summed E-state index contributed by atoms with van der Waals surface area (Å²) >= 11 is 0. The number of carbonyl (C=O) groups excluding carboxylic acids is 2. The van der Waals surface area contributed by atoms with Crippen molar-refractivity contribution >= 4 is 27.6 Å². The number of hydrogen-bond donors (Lipinski definition) is 1. The molecule has 1 N–H and O–H groups in total. The van der Waals surface area contributed by atoms with Crippen LogP contribution < -0.4 is 5.32 Å². The molecule has 1 fully saturated rings. The number of benzene rings is 2. The molecule has 0 saturated carbocycles. The highest BCUT2D eigenvalue weighted by molar-refractivity contribution is 7.89. The van der Waals surface area contributed by atoms with Crippen LogP contribution in [0.1, 0.15) is 21.5 Å². The van der Waals surface area contributed by atoms with Crippen LogP contribution in [0, 0.1) is 18.3 Å². The van der Waals surface area contributed by atoms with Gasteiger partial charge in [0.15, 0.2) is 6.61 Å². The van der Waals surface area contributed by atoms with Crippen molar-refractivity contribution in [2.75, 3.05) is 38.2 Å². The fourth-order valence-electron chi connectivity index (χ4n) is 2.97. The largest absolute Gasteiger partial charge is 0.452 e. The van der Waals surface area contributed by atoms with Gasteiger partial charge in [0.05, 0.1) is 35.3 Å². The first kappa shape index (κ1) is 22.4. The Bertz CT molecular complexity index is 1120. The van der Waals surface area contributed by atoms with E-state index in [0.29, 0.717) is 30.0 Å². The minimum absolute atomic E-state index is 0.0193. The molecule has 9 nitrogen and oxygen atoms in total. The number of nitrogens with one attached hydrogen (secondary N) is 1. The SMILES string of the molecule is Cc1ccc(C(=O)OCC(=O)Nc2ccc(C#N)cc2)cc1S(=O)(=O)N1CCOCC1. The van der Waals surface area contributed by atoms with Crippen molar-refractivity contribution in [2.45, 2.75) is 11.8 Å². The molecule has 1 aliphatic heterocycles. The van der Waals surface area contributed by atoms with Crippen molar-refractivity contribution in [3.63, 3.8) is 0 Å². The molecule has 31 heavy (non-hydrogen) atoms. The molecule has 0 aliphatic carbocycles. The maximum atomic E-state index is 12.9. The quantitative estimate of drug-likeness (QED) is 0.673. The van der Waals surface area contributed by atoms with Crippen molar-refractivity contribution in [3.8, 4) is 6.07 Å². The Morgan fingerprint density at radius 2 is 1.84 bits per heavy atom. The van der Waals surface area contributed by atoms with Crippen LogP contribution in [0.3, 0.4) is 0 Å². The average molecular weight is 443 g/mol. The Morgan fingerprint density at radius 1 is 1.16 bits per heavy atom. The number of ether oxygens (including phenoxy) is 2. The molecule has 2 aromatic rings. The molecule has 10 heteroatoms. The highest BCUT2D eigenvalue weighted by atomic mass is 32.2. The fraction of sp³-hybridized carbons (Fsp3) is 0.286. The van der Waals surface area contributed by atoms with Crippen LogP contribution in [0.2, 0.25) is 0 Å². The summed E-state index contributed by atoms with van der Waals surface area (Å²) in [7, 11) is -3.78. The van der Waals surface area contributed by atoms with Crippen molar-refractivity contribution in [1.29, 1.82) is 5.26 Å². The molecule has 162 valence electrons. The van der Waals surface area contributed by atoms with Gasteiger partial charge in [-0.1, -0.05) is 6.07 Å². The first-order valence-corrected chi connectivity index (χ1v) is 10.9. The van der Waals surface area contributed by atoms with Gasteiger partial charge in [-0.3, -0.25) is 4.79 Å². The van der Waals surface area contributed by atoms with Crippen molar-refractivity contribution in [3.05, 3.63) is 59.2 Å². The van der Waals surface area contributed by atoms with Crippen LogP contribution in [-0.2, 0) is 24.3 Å². The van der Waals surface area contributed by atoms with Crippen molar-refractivity contribution in [2.24, 2.45) is 0 Å². The first-order valence-electron chi connectivity index (χ1n) is 9.47. The fourth-order valence-corrected chi connectivity index (χ4v) is 4.63. The predicted octanol–water partition coefficient (Wildman–Crippen LogP) is 1.68. The Kier molecular flexibility index (Phi) is 7.02. The van der Waals surface area contributed by atoms with Gasteiger partial charge in [0.2, 0.25) is 10.0 Å². The summed E-state index contributed by atoms with van der Waals surface area (Å²) in [4.78, 5) is 24.4. The molecule has 0 atom stereocenters. The second-order valence-electron chi connectivity index (χ2n) is 6.81. The van der Waals surface area contributed by atoms with Gasteiger partial charge in [-0.25, -0.2) is 13.2 Å². The molecule has 1 saturated heterocycles. The Hall–Kier alpha value is -3.26. The molecular weight excluding hydrogens is 422 g/mol. The molecule has 1 heterocycles. The molecule has 0 radical (unpaired) electrons. The third-order valence-electron chi connectivity index (χ3n) is 4.64. The molecule has 0 aromatic heterocycles. The average Bonchev–Trinajstić information content (AvgIpc) is 2.78. The predicted molar refractivity (Wildman–Crippen MR) is 111 cm³/mol. The van der Waals surface area contributed by atoms with Crippen LogP contribution in [-0.4, -0.2) is 57.5 Å². The second kappa shape index (κ2) is 9.70. The number of nitrogens with zero attached hydrogens (tertiary/aromatic N) is 2. The van der Waals surface area contributed by atoms with Gasteiger partial charge in [0, 0.05) is 18.8 Å². The van der Waals surface area contributed by atoms with Gasteiger partial charge in [-0.05, 0) is 48.9 Å². The number of esters is 1. The van der Waals surface area contributed by atoms with E-state index < -0.39 is 28.5 Å². The van der Waals surface area contributed by atoms with Gasteiger partial charge in [0.1, 0.15) is 0 Å². The summed E-state index contributed by atoms with van der Waals surface area (Å²) in [5.74, 6) is -1.38. The zero-order chi connectivity index (χ0) is 22.4. The standard InChI is InChI=1S/C21H21N3O6S/c1-15-2-5-17(12-19(15)31(27,28)24-8-10-29-11-9-24)21(26)30-14-20(25)23-18-6-3-16(13-22)4-7-18/h2-7,12H,8-11,14H2,1H3,(H,23,25). The van der Waals surface area contributed by atoms with Gasteiger partial charge in [-0.15, -0.1) is 0 Å². The zero-order valence-electron chi connectivity index (χ0n) is 16.8. The molecule has 0 unspecified atom stereocenters. The van der Waals surface area contributed by atoms with Crippen LogP contribution in [0.4, 0.5) is 5.69 Å². The lowest BCUT2D eigenvalue weighted by molar-refractivity contribution is -0.119. The number of amides is 1. The highest BCUT2D eigenvalue weighted by Crippen LogP contribution is 2.22. The van der Waals surface area contributed by atoms with E-state index >= 15 is 0 Å². The number of carbonyl (C=O) groups is 2. The summed E-state index contributed by atoms with van der Waals surface area (Å²) in [6, 6.07) is 12.4. The maximum Gasteiger partial charge on any atom is 0.338 e. The molecule has 0 bridgehead atoms. The van der Waals surface area contributed by atoms with Gasteiger partial charge in [-0.2, -0.15) is 9.57 Å². The van der Waals surface area contributed by atoms with E-state index in [1.807, 2.05) is 6.07 Å². The minimum atomic E-state index is -3.78. The van der Waals surface area contributed by atoms with E-state index in [4.69, 9.17) is 14.7 Å². The maximum absolute atomic E-state index is 12.9. The van der Waals surface area contributed by atoms with Crippen LogP contribution in [0.5, 0.6) is 0 Å². The summed E-state index contributed by atoms with van der Waals surface area (Å²) in [6.45, 7) is 2.21. The smallest absolute Gasteiger partial charge is 0.338 e. The topological polar surface area (TPSA) is 126 Å². The lowest BCUT2D eigenvalue weighted by Gasteiger charge is -2.26.